The van der Waals surface area contributed by atoms with Gasteiger partial charge >= 0.3 is 0 Å². The molecule has 0 saturated heterocycles. The number of anilines is 1. The Morgan fingerprint density at radius 2 is 2.13 bits per heavy atom. The second-order valence-corrected chi connectivity index (χ2v) is 4.38. The van der Waals surface area contributed by atoms with Gasteiger partial charge in [-0.15, -0.1) is 0 Å². The summed E-state index contributed by atoms with van der Waals surface area (Å²) in [6.45, 7) is 9.78. The topological polar surface area (TPSA) is 3.24 Å². The summed E-state index contributed by atoms with van der Waals surface area (Å²) in [4.78, 5) is 2.37. The third-order valence-corrected chi connectivity index (χ3v) is 3.13. The monoisotopic (exact) mass is 201 g/mol. The van der Waals surface area contributed by atoms with Crippen molar-refractivity contribution in [3.8, 4) is 0 Å². The van der Waals surface area contributed by atoms with Crippen LogP contribution in [-0.4, -0.2) is 6.54 Å². The van der Waals surface area contributed by atoms with Crippen LogP contribution in [0.15, 0.2) is 36.5 Å². The molecular formula is C14H19N. The normalized spacial score (nSPS) is 20.3. The van der Waals surface area contributed by atoms with E-state index in [0.717, 1.165) is 13.0 Å². The van der Waals surface area contributed by atoms with Crippen LogP contribution in [0, 0.1) is 0 Å². The van der Waals surface area contributed by atoms with Gasteiger partial charge < -0.3 is 4.90 Å². The van der Waals surface area contributed by atoms with E-state index in [1.54, 1.807) is 0 Å². The van der Waals surface area contributed by atoms with Crippen LogP contribution in [0.25, 0.3) is 0 Å². The molecule has 1 aromatic rings. The molecule has 0 radical (unpaired) electrons. The van der Waals surface area contributed by atoms with Gasteiger partial charge in [0, 0.05) is 17.9 Å². The summed E-state index contributed by atoms with van der Waals surface area (Å²) in [5, 5.41) is 0. The van der Waals surface area contributed by atoms with Gasteiger partial charge in [0.25, 0.3) is 0 Å². The number of benzene rings is 1. The lowest BCUT2D eigenvalue weighted by Crippen LogP contribution is -2.28. The van der Waals surface area contributed by atoms with Gasteiger partial charge in [-0.2, -0.15) is 0 Å². The molecule has 0 aliphatic carbocycles. The Bertz CT molecular complexity index is 367. The zero-order chi connectivity index (χ0) is 10.8. The number of hydrogen-bond acceptors (Lipinski definition) is 1. The minimum atomic E-state index is 0.613. The molecule has 1 unspecified atom stereocenters. The molecule has 0 bridgehead atoms. The first kappa shape index (κ1) is 10.3. The number of fused-ring (bicyclic) bond motifs is 1. The van der Waals surface area contributed by atoms with Crippen LogP contribution >= 0.6 is 0 Å². The maximum absolute atomic E-state index is 4.19. The molecule has 1 nitrogen and oxygen atoms in total. The fourth-order valence-corrected chi connectivity index (χ4v) is 2.40. The zero-order valence-electron chi connectivity index (χ0n) is 9.66. The number of allylic oxidation sites excluding steroid dienone is 1. The zero-order valence-corrected chi connectivity index (χ0v) is 9.66. The summed E-state index contributed by atoms with van der Waals surface area (Å²) in [7, 11) is 0. The summed E-state index contributed by atoms with van der Waals surface area (Å²) in [6, 6.07) is 8.71. The lowest BCUT2D eigenvalue weighted by atomic mass is 9.90. The number of rotatable bonds is 2. The third-order valence-electron chi connectivity index (χ3n) is 3.13. The predicted octanol–water partition coefficient (Wildman–Crippen LogP) is 3.92. The average molecular weight is 201 g/mol. The Balaban J connectivity index is 2.42. The highest BCUT2D eigenvalue weighted by Gasteiger charge is 2.23. The van der Waals surface area contributed by atoms with E-state index in [1.165, 1.54) is 23.4 Å². The summed E-state index contributed by atoms with van der Waals surface area (Å²) in [5.74, 6) is 0.613. The smallest absolute Gasteiger partial charge is 0.0443 e. The first-order valence-electron chi connectivity index (χ1n) is 5.78. The van der Waals surface area contributed by atoms with Crippen molar-refractivity contribution in [1.29, 1.82) is 0 Å². The van der Waals surface area contributed by atoms with Gasteiger partial charge in [0.2, 0.25) is 0 Å². The molecule has 1 atom stereocenters. The lowest BCUT2D eigenvalue weighted by Gasteiger charge is -2.36. The molecule has 2 rings (SSSR count). The maximum atomic E-state index is 4.19. The van der Waals surface area contributed by atoms with Gasteiger partial charge in [0.1, 0.15) is 0 Å². The fourth-order valence-electron chi connectivity index (χ4n) is 2.40. The minimum absolute atomic E-state index is 0.613. The predicted molar refractivity (Wildman–Crippen MR) is 66.3 cm³/mol. The van der Waals surface area contributed by atoms with Crippen molar-refractivity contribution < 1.29 is 0 Å². The minimum Gasteiger partial charge on any atom is -0.345 e. The third kappa shape index (κ3) is 1.79. The van der Waals surface area contributed by atoms with E-state index in [0.29, 0.717) is 5.92 Å². The van der Waals surface area contributed by atoms with E-state index in [1.807, 2.05) is 0 Å². The van der Waals surface area contributed by atoms with Crippen LogP contribution in [-0.2, 0) is 0 Å². The molecule has 15 heavy (non-hydrogen) atoms. The first-order chi connectivity index (χ1) is 7.24. The van der Waals surface area contributed by atoms with Gasteiger partial charge in [-0.25, -0.2) is 0 Å². The molecule has 1 aromatic carbocycles. The van der Waals surface area contributed by atoms with Gasteiger partial charge in [-0.1, -0.05) is 38.6 Å². The summed E-state index contributed by atoms with van der Waals surface area (Å²) < 4.78 is 0. The molecule has 80 valence electrons. The van der Waals surface area contributed by atoms with Crippen LogP contribution in [0.5, 0.6) is 0 Å². The highest BCUT2D eigenvalue weighted by atomic mass is 15.1. The molecule has 0 N–H and O–H groups in total. The fraction of sp³-hybridized carbons (Fsp3) is 0.429. The van der Waals surface area contributed by atoms with Gasteiger partial charge in [-0.3, -0.25) is 0 Å². The largest absolute Gasteiger partial charge is 0.345 e. The van der Waals surface area contributed by atoms with E-state index in [2.05, 4.69) is 49.6 Å². The number of para-hydroxylation sites is 1. The van der Waals surface area contributed by atoms with Gasteiger partial charge in [0.15, 0.2) is 0 Å². The van der Waals surface area contributed by atoms with Crippen LogP contribution in [0.1, 0.15) is 38.2 Å². The molecule has 0 aromatic heterocycles. The summed E-state index contributed by atoms with van der Waals surface area (Å²) >= 11 is 0. The van der Waals surface area contributed by atoms with Crippen molar-refractivity contribution in [3.05, 3.63) is 42.1 Å². The van der Waals surface area contributed by atoms with Crippen molar-refractivity contribution >= 4 is 5.69 Å². The molecule has 1 aliphatic heterocycles. The van der Waals surface area contributed by atoms with Crippen molar-refractivity contribution in [1.82, 2.24) is 0 Å². The second kappa shape index (κ2) is 4.09. The number of hydrogen-bond donors (Lipinski definition) is 0. The van der Waals surface area contributed by atoms with E-state index < -0.39 is 0 Å². The molecule has 0 saturated carbocycles. The van der Waals surface area contributed by atoms with Crippen LogP contribution in [0.4, 0.5) is 5.69 Å². The van der Waals surface area contributed by atoms with Crippen molar-refractivity contribution in [2.45, 2.75) is 32.6 Å². The summed E-state index contributed by atoms with van der Waals surface area (Å²) in [6.07, 6.45) is 2.26. The maximum Gasteiger partial charge on any atom is 0.0443 e. The van der Waals surface area contributed by atoms with Crippen LogP contribution < -0.4 is 4.90 Å². The molecule has 1 heterocycles. The Hall–Kier alpha value is -1.24. The molecule has 0 spiro atoms. The Kier molecular flexibility index (Phi) is 2.81. The second-order valence-electron chi connectivity index (χ2n) is 4.38. The molecule has 0 amide bonds. The average Bonchev–Trinajstić information content (AvgIpc) is 2.24. The van der Waals surface area contributed by atoms with Gasteiger partial charge in [-0.05, 0) is 30.4 Å². The number of nitrogens with zero attached hydrogens (tertiary/aromatic N) is 1. The Labute approximate surface area is 92.4 Å². The van der Waals surface area contributed by atoms with E-state index in [9.17, 15) is 0 Å². The Morgan fingerprint density at radius 3 is 2.87 bits per heavy atom. The van der Waals surface area contributed by atoms with Crippen LogP contribution in [0.3, 0.4) is 0 Å². The summed E-state index contributed by atoms with van der Waals surface area (Å²) in [5.41, 5.74) is 4.10. The highest BCUT2D eigenvalue weighted by molar-refractivity contribution is 5.61. The molecule has 1 aliphatic rings. The standard InChI is InChI=1S/C14H19N/c1-4-9-15-12(3)10-11(2)13-7-5-6-8-14(13)15/h5-8,11H,3-4,9-10H2,1-2H3. The molecule has 1 heteroatoms. The van der Waals surface area contributed by atoms with Crippen molar-refractivity contribution in [2.24, 2.45) is 0 Å². The Morgan fingerprint density at radius 1 is 1.40 bits per heavy atom. The first-order valence-corrected chi connectivity index (χ1v) is 5.78. The SMILES string of the molecule is C=C1CC(C)c2ccccc2N1CCC. The molecule has 0 fully saturated rings. The van der Waals surface area contributed by atoms with Crippen molar-refractivity contribution in [3.63, 3.8) is 0 Å². The van der Waals surface area contributed by atoms with E-state index >= 15 is 0 Å². The molecular weight excluding hydrogens is 182 g/mol. The van der Waals surface area contributed by atoms with Gasteiger partial charge in [0.05, 0.1) is 0 Å². The highest BCUT2D eigenvalue weighted by Crippen LogP contribution is 2.39. The van der Waals surface area contributed by atoms with E-state index in [4.69, 9.17) is 0 Å². The van der Waals surface area contributed by atoms with Crippen molar-refractivity contribution in [2.75, 3.05) is 11.4 Å². The van der Waals surface area contributed by atoms with Crippen LogP contribution in [0.2, 0.25) is 0 Å². The quantitative estimate of drug-likeness (QED) is 0.701. The van der Waals surface area contributed by atoms with E-state index in [-0.39, 0.29) is 0 Å². The lowest BCUT2D eigenvalue weighted by molar-refractivity contribution is 0.674.